The molecule has 0 aromatic carbocycles. The van der Waals surface area contributed by atoms with E-state index < -0.39 is 0 Å². The summed E-state index contributed by atoms with van der Waals surface area (Å²) in [5, 5.41) is 7.96. The SMILES string of the molecule is CCC(C)CC(Cc1cn(C)nn1)NN. The van der Waals surface area contributed by atoms with Gasteiger partial charge in [0.15, 0.2) is 0 Å². The van der Waals surface area contributed by atoms with Crippen LogP contribution in [0, 0.1) is 5.92 Å². The van der Waals surface area contributed by atoms with Crippen molar-refractivity contribution >= 4 is 0 Å². The van der Waals surface area contributed by atoms with Crippen molar-refractivity contribution in [2.75, 3.05) is 0 Å². The fourth-order valence-electron chi connectivity index (χ4n) is 1.60. The van der Waals surface area contributed by atoms with Crippen molar-refractivity contribution in [3.63, 3.8) is 0 Å². The lowest BCUT2D eigenvalue weighted by Gasteiger charge is -2.18. The van der Waals surface area contributed by atoms with Crippen LogP contribution in [0.2, 0.25) is 0 Å². The third-order valence-electron chi connectivity index (χ3n) is 2.73. The zero-order valence-electron chi connectivity index (χ0n) is 9.77. The lowest BCUT2D eigenvalue weighted by atomic mass is 9.97. The van der Waals surface area contributed by atoms with Gasteiger partial charge in [-0.05, 0) is 12.3 Å². The first kappa shape index (κ1) is 12.1. The van der Waals surface area contributed by atoms with E-state index in [9.17, 15) is 0 Å². The van der Waals surface area contributed by atoms with Gasteiger partial charge in [-0.3, -0.25) is 16.0 Å². The van der Waals surface area contributed by atoms with Gasteiger partial charge in [0, 0.05) is 25.7 Å². The minimum atomic E-state index is 0.289. The van der Waals surface area contributed by atoms with E-state index in [0.717, 1.165) is 18.5 Å². The summed E-state index contributed by atoms with van der Waals surface area (Å²) >= 11 is 0. The largest absolute Gasteiger partial charge is 0.271 e. The molecule has 0 aliphatic carbocycles. The van der Waals surface area contributed by atoms with Gasteiger partial charge in [-0.2, -0.15) is 0 Å². The molecule has 1 rings (SSSR count). The molecule has 86 valence electrons. The van der Waals surface area contributed by atoms with Crippen LogP contribution in [0.15, 0.2) is 6.20 Å². The number of nitrogens with one attached hydrogen (secondary N) is 1. The molecule has 15 heavy (non-hydrogen) atoms. The molecule has 0 fully saturated rings. The van der Waals surface area contributed by atoms with E-state index in [1.54, 1.807) is 4.68 Å². The van der Waals surface area contributed by atoms with Crippen molar-refractivity contribution in [2.24, 2.45) is 18.8 Å². The third kappa shape index (κ3) is 3.97. The molecule has 2 unspecified atom stereocenters. The van der Waals surface area contributed by atoms with Crippen LogP contribution in [0.3, 0.4) is 0 Å². The maximum atomic E-state index is 5.53. The molecule has 0 radical (unpaired) electrons. The summed E-state index contributed by atoms with van der Waals surface area (Å²) in [4.78, 5) is 0. The van der Waals surface area contributed by atoms with E-state index >= 15 is 0 Å². The number of aromatic nitrogens is 3. The van der Waals surface area contributed by atoms with Gasteiger partial charge < -0.3 is 0 Å². The summed E-state index contributed by atoms with van der Waals surface area (Å²) in [7, 11) is 1.87. The molecule has 1 aromatic rings. The molecule has 5 heteroatoms. The third-order valence-corrected chi connectivity index (χ3v) is 2.73. The molecule has 0 spiro atoms. The summed E-state index contributed by atoms with van der Waals surface area (Å²) in [6.07, 6.45) is 5.03. The van der Waals surface area contributed by atoms with Gasteiger partial charge >= 0.3 is 0 Å². The minimum Gasteiger partial charge on any atom is -0.271 e. The van der Waals surface area contributed by atoms with Crippen LogP contribution in [0.4, 0.5) is 0 Å². The minimum absolute atomic E-state index is 0.289. The second-order valence-electron chi connectivity index (χ2n) is 4.20. The molecule has 3 N–H and O–H groups in total. The van der Waals surface area contributed by atoms with Crippen molar-refractivity contribution in [3.05, 3.63) is 11.9 Å². The number of aryl methyl sites for hydroxylation is 1. The maximum Gasteiger partial charge on any atom is 0.0843 e. The van der Waals surface area contributed by atoms with Gasteiger partial charge in [0.1, 0.15) is 0 Å². The highest BCUT2D eigenvalue weighted by Gasteiger charge is 2.13. The fraction of sp³-hybridized carbons (Fsp3) is 0.800. The molecule has 0 amide bonds. The molecular formula is C10H21N5. The lowest BCUT2D eigenvalue weighted by molar-refractivity contribution is 0.394. The second-order valence-corrected chi connectivity index (χ2v) is 4.20. The standard InChI is InChI=1S/C10H21N5/c1-4-8(2)5-9(12-11)6-10-7-15(3)14-13-10/h7-9,12H,4-6,11H2,1-3H3. The molecule has 1 aromatic heterocycles. The van der Waals surface area contributed by atoms with Crippen LogP contribution in [0.25, 0.3) is 0 Å². The first-order valence-corrected chi connectivity index (χ1v) is 5.47. The highest BCUT2D eigenvalue weighted by Crippen LogP contribution is 2.12. The fourth-order valence-corrected chi connectivity index (χ4v) is 1.60. The number of hydrogen-bond donors (Lipinski definition) is 2. The Kier molecular flexibility index (Phi) is 4.71. The summed E-state index contributed by atoms with van der Waals surface area (Å²) in [5.41, 5.74) is 3.84. The van der Waals surface area contributed by atoms with E-state index in [-0.39, 0.29) is 6.04 Å². The van der Waals surface area contributed by atoms with Crippen molar-refractivity contribution in [3.8, 4) is 0 Å². The van der Waals surface area contributed by atoms with Crippen molar-refractivity contribution < 1.29 is 0 Å². The average Bonchev–Trinajstić information content (AvgIpc) is 2.62. The van der Waals surface area contributed by atoms with Crippen LogP contribution in [0.1, 0.15) is 32.4 Å². The average molecular weight is 211 g/mol. The highest BCUT2D eigenvalue weighted by atomic mass is 15.4. The molecular weight excluding hydrogens is 190 g/mol. The Morgan fingerprint density at radius 1 is 1.60 bits per heavy atom. The Morgan fingerprint density at radius 3 is 2.80 bits per heavy atom. The van der Waals surface area contributed by atoms with Crippen molar-refractivity contribution in [2.45, 2.75) is 39.2 Å². The van der Waals surface area contributed by atoms with Gasteiger partial charge in [0.25, 0.3) is 0 Å². The van der Waals surface area contributed by atoms with E-state index in [1.807, 2.05) is 13.2 Å². The predicted molar refractivity (Wildman–Crippen MR) is 59.9 cm³/mol. The van der Waals surface area contributed by atoms with E-state index in [4.69, 9.17) is 5.84 Å². The highest BCUT2D eigenvalue weighted by molar-refractivity contribution is 4.95. The van der Waals surface area contributed by atoms with Gasteiger partial charge in [-0.1, -0.05) is 25.5 Å². The van der Waals surface area contributed by atoms with Gasteiger partial charge in [0.05, 0.1) is 5.69 Å². The second kappa shape index (κ2) is 5.82. The van der Waals surface area contributed by atoms with Crippen LogP contribution in [-0.4, -0.2) is 21.0 Å². The Hall–Kier alpha value is -0.940. The molecule has 0 aliphatic rings. The monoisotopic (exact) mass is 211 g/mol. The lowest BCUT2D eigenvalue weighted by Crippen LogP contribution is -2.38. The van der Waals surface area contributed by atoms with E-state index in [1.165, 1.54) is 6.42 Å². The van der Waals surface area contributed by atoms with Gasteiger partial charge in [0.2, 0.25) is 0 Å². The zero-order valence-corrected chi connectivity index (χ0v) is 9.77. The molecule has 5 nitrogen and oxygen atoms in total. The first-order chi connectivity index (χ1) is 7.15. The quantitative estimate of drug-likeness (QED) is 0.535. The number of hydrazine groups is 1. The summed E-state index contributed by atoms with van der Waals surface area (Å²) < 4.78 is 1.71. The molecule has 0 bridgehead atoms. The summed E-state index contributed by atoms with van der Waals surface area (Å²) in [5.74, 6) is 6.21. The summed E-state index contributed by atoms with van der Waals surface area (Å²) in [6.45, 7) is 4.43. The zero-order chi connectivity index (χ0) is 11.3. The Labute approximate surface area is 91.0 Å². The Morgan fingerprint density at radius 2 is 2.33 bits per heavy atom. The maximum absolute atomic E-state index is 5.53. The number of nitrogens with zero attached hydrogens (tertiary/aromatic N) is 3. The van der Waals surface area contributed by atoms with Crippen LogP contribution >= 0.6 is 0 Å². The summed E-state index contributed by atoms with van der Waals surface area (Å²) in [6, 6.07) is 0.289. The van der Waals surface area contributed by atoms with E-state index in [2.05, 4.69) is 29.6 Å². The molecule has 0 saturated heterocycles. The molecule has 0 aliphatic heterocycles. The number of hydrogen-bond acceptors (Lipinski definition) is 4. The van der Waals surface area contributed by atoms with Gasteiger partial charge in [-0.25, -0.2) is 0 Å². The van der Waals surface area contributed by atoms with Crippen molar-refractivity contribution in [1.82, 2.24) is 20.4 Å². The molecule has 1 heterocycles. The van der Waals surface area contributed by atoms with Crippen LogP contribution < -0.4 is 11.3 Å². The number of rotatable bonds is 6. The first-order valence-electron chi connectivity index (χ1n) is 5.47. The predicted octanol–water partition coefficient (Wildman–Crippen LogP) is 0.626. The number of nitrogens with two attached hydrogens (primary N) is 1. The topological polar surface area (TPSA) is 68.8 Å². The molecule has 2 atom stereocenters. The smallest absolute Gasteiger partial charge is 0.0843 e. The Balaban J connectivity index is 2.46. The van der Waals surface area contributed by atoms with Gasteiger partial charge in [-0.15, -0.1) is 5.10 Å². The normalized spacial score (nSPS) is 15.2. The molecule has 0 saturated carbocycles. The van der Waals surface area contributed by atoms with Crippen LogP contribution in [-0.2, 0) is 13.5 Å². The van der Waals surface area contributed by atoms with E-state index in [0.29, 0.717) is 5.92 Å². The Bertz CT molecular complexity index is 283. The van der Waals surface area contributed by atoms with Crippen molar-refractivity contribution in [1.29, 1.82) is 0 Å². The van der Waals surface area contributed by atoms with Crippen LogP contribution in [0.5, 0.6) is 0 Å².